The van der Waals surface area contributed by atoms with Gasteiger partial charge < -0.3 is 9.13 Å². The van der Waals surface area contributed by atoms with Crippen LogP contribution in [0.4, 0.5) is 0 Å². The molecule has 9 aromatic rings. The molecule has 0 N–H and O–H groups in total. The summed E-state index contributed by atoms with van der Waals surface area (Å²) in [6, 6.07) is 43.1. The molecule has 0 bridgehead atoms. The molecule has 0 spiro atoms. The van der Waals surface area contributed by atoms with Crippen molar-refractivity contribution in [1.29, 1.82) is 0 Å². The first-order chi connectivity index (χ1) is 19.9. The zero-order valence-corrected chi connectivity index (χ0v) is 21.5. The lowest BCUT2D eigenvalue weighted by molar-refractivity contribution is 1.16. The molecule has 0 saturated carbocycles. The van der Waals surface area contributed by atoms with Crippen LogP contribution in [0.3, 0.4) is 0 Å². The molecule has 9 rings (SSSR count). The number of rotatable bonds is 2. The summed E-state index contributed by atoms with van der Waals surface area (Å²) in [7, 11) is 0. The highest BCUT2D eigenvalue weighted by Gasteiger charge is 2.23. The molecule has 0 aliphatic carbocycles. The summed E-state index contributed by atoms with van der Waals surface area (Å²) in [4.78, 5) is 9.94. The van der Waals surface area contributed by atoms with Gasteiger partial charge in [-0.3, -0.25) is 9.97 Å². The highest BCUT2D eigenvalue weighted by atomic mass is 15.1. The molecule has 40 heavy (non-hydrogen) atoms. The Kier molecular flexibility index (Phi) is 4.30. The van der Waals surface area contributed by atoms with Gasteiger partial charge in [-0.15, -0.1) is 0 Å². The Morgan fingerprint density at radius 3 is 1.70 bits per heavy atom. The molecule has 4 nitrogen and oxygen atoms in total. The van der Waals surface area contributed by atoms with Gasteiger partial charge in [-0.25, -0.2) is 0 Å². The van der Waals surface area contributed by atoms with Crippen molar-refractivity contribution in [1.82, 2.24) is 19.1 Å². The second-order valence-electron chi connectivity index (χ2n) is 10.3. The molecular formula is C36H22N4. The summed E-state index contributed by atoms with van der Waals surface area (Å²) in [5, 5.41) is 7.13. The van der Waals surface area contributed by atoms with Gasteiger partial charge in [0.05, 0.1) is 33.4 Å². The first-order valence-corrected chi connectivity index (χ1v) is 13.5. The van der Waals surface area contributed by atoms with Crippen LogP contribution >= 0.6 is 0 Å². The average molecular weight is 511 g/mol. The van der Waals surface area contributed by atoms with Gasteiger partial charge in [0.15, 0.2) is 0 Å². The molecule has 0 fully saturated rings. The van der Waals surface area contributed by atoms with E-state index in [2.05, 4.69) is 124 Å². The van der Waals surface area contributed by atoms with E-state index in [4.69, 9.17) is 9.97 Å². The minimum atomic E-state index is 0.903. The smallest absolute Gasteiger partial charge is 0.117 e. The number of pyridine rings is 2. The molecular weight excluding hydrogens is 488 g/mol. The van der Waals surface area contributed by atoms with Crippen LogP contribution in [0.25, 0.3) is 76.8 Å². The third kappa shape index (κ3) is 2.79. The first kappa shape index (κ1) is 21.5. The van der Waals surface area contributed by atoms with Gasteiger partial charge in [0.1, 0.15) is 11.0 Å². The minimum Gasteiger partial charge on any atom is -0.306 e. The quantitative estimate of drug-likeness (QED) is 0.233. The summed E-state index contributed by atoms with van der Waals surface area (Å²) < 4.78 is 4.80. The van der Waals surface area contributed by atoms with E-state index < -0.39 is 0 Å². The van der Waals surface area contributed by atoms with Crippen LogP contribution < -0.4 is 0 Å². The van der Waals surface area contributed by atoms with Crippen LogP contribution in [0.1, 0.15) is 0 Å². The minimum absolute atomic E-state index is 0.903. The largest absolute Gasteiger partial charge is 0.306 e. The molecule has 186 valence electrons. The van der Waals surface area contributed by atoms with Crippen molar-refractivity contribution in [3.05, 3.63) is 134 Å². The molecule has 0 aliphatic rings. The van der Waals surface area contributed by atoms with Crippen LogP contribution in [0.15, 0.2) is 134 Å². The average Bonchev–Trinajstić information content (AvgIpc) is 3.53. The molecule has 0 atom stereocenters. The number of hydrogen-bond donors (Lipinski definition) is 0. The van der Waals surface area contributed by atoms with E-state index in [1.54, 1.807) is 0 Å². The second kappa shape index (κ2) is 8.01. The third-order valence-corrected chi connectivity index (χ3v) is 8.18. The van der Waals surface area contributed by atoms with E-state index in [0.29, 0.717) is 0 Å². The zero-order chi connectivity index (χ0) is 26.2. The molecule has 4 heteroatoms. The molecule has 0 amide bonds. The maximum Gasteiger partial charge on any atom is 0.117 e. The number of para-hydroxylation sites is 1. The summed E-state index contributed by atoms with van der Waals surface area (Å²) >= 11 is 0. The predicted molar refractivity (Wildman–Crippen MR) is 166 cm³/mol. The van der Waals surface area contributed by atoms with E-state index in [0.717, 1.165) is 49.9 Å². The van der Waals surface area contributed by atoms with Gasteiger partial charge in [-0.1, -0.05) is 91.0 Å². The summed E-state index contributed by atoms with van der Waals surface area (Å²) in [5.41, 5.74) is 8.48. The summed E-state index contributed by atoms with van der Waals surface area (Å²) in [6.45, 7) is 0. The normalized spacial score (nSPS) is 12.0. The zero-order valence-electron chi connectivity index (χ0n) is 21.5. The van der Waals surface area contributed by atoms with E-state index >= 15 is 0 Å². The van der Waals surface area contributed by atoms with Crippen LogP contribution in [0.5, 0.6) is 0 Å². The van der Waals surface area contributed by atoms with Crippen molar-refractivity contribution >= 4 is 65.4 Å². The fourth-order valence-corrected chi connectivity index (χ4v) is 6.50. The molecule has 4 heterocycles. The van der Waals surface area contributed by atoms with Crippen molar-refractivity contribution in [2.45, 2.75) is 0 Å². The van der Waals surface area contributed by atoms with Gasteiger partial charge in [0, 0.05) is 33.9 Å². The van der Waals surface area contributed by atoms with Gasteiger partial charge >= 0.3 is 0 Å². The predicted octanol–water partition coefficient (Wildman–Crippen LogP) is 8.98. The van der Waals surface area contributed by atoms with Crippen LogP contribution in [0.2, 0.25) is 0 Å². The van der Waals surface area contributed by atoms with E-state index in [-0.39, 0.29) is 0 Å². The molecule has 4 aromatic heterocycles. The number of fused-ring (bicyclic) bond motifs is 9. The Morgan fingerprint density at radius 1 is 0.400 bits per heavy atom. The van der Waals surface area contributed by atoms with Crippen LogP contribution in [-0.4, -0.2) is 19.1 Å². The topological polar surface area (TPSA) is 35.6 Å². The Labute approximate surface area is 229 Å². The lowest BCUT2D eigenvalue weighted by Crippen LogP contribution is -2.00. The van der Waals surface area contributed by atoms with Crippen LogP contribution in [0, 0.1) is 0 Å². The summed E-state index contributed by atoms with van der Waals surface area (Å²) in [5.74, 6) is 0. The Hall–Kier alpha value is -5.48. The molecule has 0 unspecified atom stereocenters. The van der Waals surface area contributed by atoms with Crippen molar-refractivity contribution in [2.24, 2.45) is 0 Å². The first-order valence-electron chi connectivity index (χ1n) is 13.5. The molecule has 0 aliphatic heterocycles. The molecule has 5 aromatic carbocycles. The maximum atomic E-state index is 5.09. The number of benzene rings is 5. The van der Waals surface area contributed by atoms with E-state index in [1.165, 1.54) is 26.9 Å². The number of nitrogens with zero attached hydrogens (tertiary/aromatic N) is 4. The lowest BCUT2D eigenvalue weighted by Gasteiger charge is -2.15. The monoisotopic (exact) mass is 510 g/mol. The fraction of sp³-hybridized carbons (Fsp3) is 0. The summed E-state index contributed by atoms with van der Waals surface area (Å²) in [6.07, 6.45) is 3.89. The highest BCUT2D eigenvalue weighted by molar-refractivity contribution is 6.22. The maximum absolute atomic E-state index is 5.09. The van der Waals surface area contributed by atoms with Gasteiger partial charge in [-0.2, -0.15) is 0 Å². The lowest BCUT2D eigenvalue weighted by atomic mass is 10.1. The van der Waals surface area contributed by atoms with Gasteiger partial charge in [0.25, 0.3) is 0 Å². The van der Waals surface area contributed by atoms with E-state index in [1.807, 2.05) is 18.5 Å². The highest BCUT2D eigenvalue weighted by Crippen LogP contribution is 2.41. The number of hydrogen-bond acceptors (Lipinski definition) is 2. The Bertz CT molecular complexity index is 2260. The van der Waals surface area contributed by atoms with Gasteiger partial charge in [0.2, 0.25) is 0 Å². The van der Waals surface area contributed by atoms with E-state index in [9.17, 15) is 0 Å². The van der Waals surface area contributed by atoms with Crippen molar-refractivity contribution in [2.75, 3.05) is 0 Å². The van der Waals surface area contributed by atoms with Crippen LogP contribution in [-0.2, 0) is 0 Å². The fourth-order valence-electron chi connectivity index (χ4n) is 6.50. The second-order valence-corrected chi connectivity index (χ2v) is 10.3. The number of aromatic nitrogens is 4. The standard InChI is InChI=1S/C36H22N4/c1-3-14-25-23(10-1)12-7-18-29(25)39-31-17-6-5-16-27(31)28-22-38-34-33-32(20-9-21-37-33)40(36(34)35(28)39)30-19-8-13-24-11-2-4-15-26(24)30/h1-22H. The van der Waals surface area contributed by atoms with Crippen molar-refractivity contribution in [3.8, 4) is 11.4 Å². The Balaban J connectivity index is 1.58. The molecule has 0 radical (unpaired) electrons. The van der Waals surface area contributed by atoms with Gasteiger partial charge in [-0.05, 0) is 41.1 Å². The van der Waals surface area contributed by atoms with Crippen molar-refractivity contribution in [3.63, 3.8) is 0 Å². The van der Waals surface area contributed by atoms with Crippen molar-refractivity contribution < 1.29 is 0 Å². The SMILES string of the molecule is c1ccc2c(-n3c4ccccc4c4cnc5c6ncccc6n(-c6cccc7ccccc67)c5c43)cccc2c1. The third-order valence-electron chi connectivity index (χ3n) is 8.18. The Morgan fingerprint density at radius 2 is 0.975 bits per heavy atom. The molecule has 0 saturated heterocycles.